The van der Waals surface area contributed by atoms with E-state index < -0.39 is 11.6 Å². The van der Waals surface area contributed by atoms with E-state index in [1.54, 1.807) is 0 Å². The van der Waals surface area contributed by atoms with E-state index in [1.165, 1.54) is 13.3 Å². The number of tetrazole rings is 1. The maximum absolute atomic E-state index is 10.4. The summed E-state index contributed by atoms with van der Waals surface area (Å²) in [4.78, 5) is 10.4. The topological polar surface area (TPSA) is 101 Å². The number of aromatic nitrogens is 4. The first-order valence-corrected chi connectivity index (χ1v) is 3.19. The Morgan fingerprint density at radius 2 is 2.42 bits per heavy atom. The molecule has 0 radical (unpaired) electrons. The van der Waals surface area contributed by atoms with Crippen LogP contribution in [-0.2, 0) is 11.3 Å². The van der Waals surface area contributed by atoms with E-state index >= 15 is 0 Å². The van der Waals surface area contributed by atoms with E-state index in [0.29, 0.717) is 0 Å². The fourth-order valence-corrected chi connectivity index (χ4v) is 0.636. The predicted octanol–water partition coefficient (Wildman–Crippen LogP) is -1.49. The second-order valence-corrected chi connectivity index (χ2v) is 2.59. The van der Waals surface area contributed by atoms with Gasteiger partial charge in [0.1, 0.15) is 6.33 Å². The number of carboxylic acid groups (broad SMARTS) is 1. The van der Waals surface area contributed by atoms with Gasteiger partial charge in [-0.15, -0.1) is 5.10 Å². The minimum Gasteiger partial charge on any atom is -0.479 e. The number of aliphatic carboxylic acids is 1. The Kier molecular flexibility index (Phi) is 2.05. The Balaban J connectivity index is 2.69. The van der Waals surface area contributed by atoms with E-state index in [-0.39, 0.29) is 6.54 Å². The average molecular weight is 172 g/mol. The first-order chi connectivity index (χ1) is 5.52. The molecule has 1 heterocycles. The summed E-state index contributed by atoms with van der Waals surface area (Å²) in [6.45, 7) is 1.01. The molecule has 0 spiro atoms. The third-order valence-electron chi connectivity index (χ3n) is 1.32. The van der Waals surface area contributed by atoms with E-state index in [4.69, 9.17) is 5.11 Å². The van der Waals surface area contributed by atoms with Crippen molar-refractivity contribution in [2.45, 2.75) is 19.1 Å². The van der Waals surface area contributed by atoms with Gasteiger partial charge in [0.15, 0.2) is 5.60 Å². The Bertz CT molecular complexity index is 268. The summed E-state index contributed by atoms with van der Waals surface area (Å²) in [5.41, 5.74) is -1.84. The molecule has 12 heavy (non-hydrogen) atoms. The third kappa shape index (κ3) is 1.76. The van der Waals surface area contributed by atoms with Crippen LogP contribution in [0.2, 0.25) is 0 Å². The number of carboxylic acids is 1. The lowest BCUT2D eigenvalue weighted by Crippen LogP contribution is -2.39. The molecule has 7 nitrogen and oxygen atoms in total. The van der Waals surface area contributed by atoms with Gasteiger partial charge in [-0.1, -0.05) is 0 Å². The Morgan fingerprint density at radius 1 is 1.75 bits per heavy atom. The SMILES string of the molecule is CC(O)(Cn1cnnn1)C(=O)O. The molecule has 1 rings (SSSR count). The minimum atomic E-state index is -1.84. The maximum atomic E-state index is 10.4. The van der Waals surface area contributed by atoms with Gasteiger partial charge < -0.3 is 10.2 Å². The molecule has 0 aliphatic rings. The van der Waals surface area contributed by atoms with Crippen molar-refractivity contribution < 1.29 is 15.0 Å². The molecule has 7 heteroatoms. The van der Waals surface area contributed by atoms with Gasteiger partial charge in [-0.25, -0.2) is 9.48 Å². The highest BCUT2D eigenvalue weighted by Gasteiger charge is 2.30. The maximum Gasteiger partial charge on any atom is 0.337 e. The fraction of sp³-hybridized carbons (Fsp3) is 0.600. The second-order valence-electron chi connectivity index (χ2n) is 2.59. The molecule has 1 aromatic heterocycles. The molecular weight excluding hydrogens is 164 g/mol. The summed E-state index contributed by atoms with van der Waals surface area (Å²) in [7, 11) is 0. The van der Waals surface area contributed by atoms with Crippen molar-refractivity contribution in [1.29, 1.82) is 0 Å². The number of nitrogens with zero attached hydrogens (tertiary/aromatic N) is 4. The van der Waals surface area contributed by atoms with Gasteiger partial charge in [0, 0.05) is 0 Å². The zero-order valence-electron chi connectivity index (χ0n) is 6.38. The van der Waals surface area contributed by atoms with E-state index in [1.807, 2.05) is 0 Å². The van der Waals surface area contributed by atoms with Crippen LogP contribution in [0.15, 0.2) is 6.33 Å². The van der Waals surface area contributed by atoms with Crippen LogP contribution in [0.25, 0.3) is 0 Å². The molecule has 0 aromatic carbocycles. The summed E-state index contributed by atoms with van der Waals surface area (Å²) in [6.07, 6.45) is 1.23. The molecule has 0 saturated carbocycles. The van der Waals surface area contributed by atoms with Crippen LogP contribution in [-0.4, -0.2) is 42.0 Å². The van der Waals surface area contributed by atoms with Crippen LogP contribution in [0.4, 0.5) is 0 Å². The lowest BCUT2D eigenvalue weighted by atomic mass is 10.1. The summed E-state index contributed by atoms with van der Waals surface area (Å²) in [5, 5.41) is 27.8. The number of hydrogen-bond donors (Lipinski definition) is 2. The highest BCUT2D eigenvalue weighted by Crippen LogP contribution is 2.05. The molecule has 0 saturated heterocycles. The monoisotopic (exact) mass is 172 g/mol. The van der Waals surface area contributed by atoms with Crippen LogP contribution < -0.4 is 0 Å². The highest BCUT2D eigenvalue weighted by atomic mass is 16.4. The first-order valence-electron chi connectivity index (χ1n) is 3.19. The lowest BCUT2D eigenvalue weighted by Gasteiger charge is -2.16. The summed E-state index contributed by atoms with van der Waals surface area (Å²) in [6, 6.07) is 0. The van der Waals surface area contributed by atoms with Gasteiger partial charge in [0.2, 0.25) is 0 Å². The highest BCUT2D eigenvalue weighted by molar-refractivity contribution is 5.76. The van der Waals surface area contributed by atoms with E-state index in [0.717, 1.165) is 4.68 Å². The van der Waals surface area contributed by atoms with Gasteiger partial charge in [0.25, 0.3) is 0 Å². The minimum absolute atomic E-state index is 0.171. The van der Waals surface area contributed by atoms with Crippen molar-refractivity contribution in [2.24, 2.45) is 0 Å². The van der Waals surface area contributed by atoms with Gasteiger partial charge in [-0.05, 0) is 17.4 Å². The van der Waals surface area contributed by atoms with Crippen molar-refractivity contribution in [3.05, 3.63) is 6.33 Å². The number of hydrogen-bond acceptors (Lipinski definition) is 5. The van der Waals surface area contributed by atoms with Gasteiger partial charge in [-0.2, -0.15) is 0 Å². The van der Waals surface area contributed by atoms with Crippen molar-refractivity contribution in [3.8, 4) is 0 Å². The van der Waals surface area contributed by atoms with Crippen LogP contribution in [0.1, 0.15) is 6.92 Å². The van der Waals surface area contributed by atoms with Crippen molar-refractivity contribution in [3.63, 3.8) is 0 Å². The zero-order chi connectivity index (χ0) is 9.19. The van der Waals surface area contributed by atoms with Crippen LogP contribution in [0.5, 0.6) is 0 Å². The molecule has 1 atom stereocenters. The Morgan fingerprint density at radius 3 is 2.83 bits per heavy atom. The first kappa shape index (κ1) is 8.60. The second kappa shape index (κ2) is 2.86. The molecular formula is C5H8N4O3. The number of carbonyl (C=O) groups is 1. The molecule has 0 aliphatic carbocycles. The molecule has 0 aliphatic heterocycles. The number of aliphatic hydroxyl groups is 1. The average Bonchev–Trinajstić information content (AvgIpc) is 2.38. The molecule has 0 bridgehead atoms. The van der Waals surface area contributed by atoms with Crippen molar-refractivity contribution >= 4 is 5.97 Å². The summed E-state index contributed by atoms with van der Waals surface area (Å²) in [5.74, 6) is -1.31. The van der Waals surface area contributed by atoms with Crippen LogP contribution in [0, 0.1) is 0 Å². The van der Waals surface area contributed by atoms with Crippen LogP contribution in [0.3, 0.4) is 0 Å². The van der Waals surface area contributed by atoms with Crippen molar-refractivity contribution in [1.82, 2.24) is 20.2 Å². The zero-order valence-corrected chi connectivity index (χ0v) is 6.38. The quantitative estimate of drug-likeness (QED) is 0.575. The van der Waals surface area contributed by atoms with Gasteiger partial charge in [0.05, 0.1) is 6.54 Å². The normalized spacial score (nSPS) is 15.5. The van der Waals surface area contributed by atoms with Gasteiger partial charge in [-0.3, -0.25) is 0 Å². The fourth-order valence-electron chi connectivity index (χ4n) is 0.636. The molecule has 2 N–H and O–H groups in total. The molecule has 66 valence electrons. The summed E-state index contributed by atoms with van der Waals surface area (Å²) < 4.78 is 1.15. The smallest absolute Gasteiger partial charge is 0.337 e. The molecule has 1 unspecified atom stereocenters. The molecule has 0 fully saturated rings. The molecule has 1 aromatic rings. The third-order valence-corrected chi connectivity index (χ3v) is 1.32. The predicted molar refractivity (Wildman–Crippen MR) is 36.1 cm³/mol. The van der Waals surface area contributed by atoms with Gasteiger partial charge >= 0.3 is 5.97 Å². The Labute approximate surface area is 67.6 Å². The van der Waals surface area contributed by atoms with Crippen molar-refractivity contribution in [2.75, 3.05) is 0 Å². The van der Waals surface area contributed by atoms with Crippen LogP contribution >= 0.6 is 0 Å². The standard InChI is InChI=1S/C5H8N4O3/c1-5(12,4(10)11)2-9-3-6-7-8-9/h3,12H,2H2,1H3,(H,10,11). The largest absolute Gasteiger partial charge is 0.479 e. The van der Waals surface area contributed by atoms with E-state index in [9.17, 15) is 9.90 Å². The lowest BCUT2D eigenvalue weighted by molar-refractivity contribution is -0.158. The molecule has 0 amide bonds. The summed E-state index contributed by atoms with van der Waals surface area (Å²) >= 11 is 0. The Hall–Kier alpha value is -1.50. The number of rotatable bonds is 3. The van der Waals surface area contributed by atoms with E-state index in [2.05, 4.69) is 15.5 Å².